The molecule has 24 heavy (non-hydrogen) atoms. The van der Waals surface area contributed by atoms with Gasteiger partial charge >= 0.3 is 6.09 Å². The van der Waals surface area contributed by atoms with Crippen molar-refractivity contribution in [1.29, 1.82) is 0 Å². The van der Waals surface area contributed by atoms with Crippen LogP contribution in [0.25, 0.3) is 11.1 Å². The first kappa shape index (κ1) is 15.7. The van der Waals surface area contributed by atoms with Crippen LogP contribution in [0.3, 0.4) is 0 Å². The van der Waals surface area contributed by atoms with Crippen molar-refractivity contribution < 1.29 is 19.1 Å². The Morgan fingerprint density at radius 2 is 1.79 bits per heavy atom. The number of hydrogen-bond donors (Lipinski definition) is 2. The summed E-state index contributed by atoms with van der Waals surface area (Å²) in [6.07, 6.45) is -0.787. The van der Waals surface area contributed by atoms with Gasteiger partial charge in [-0.25, -0.2) is 9.78 Å². The van der Waals surface area contributed by atoms with Gasteiger partial charge in [-0.3, -0.25) is 4.79 Å². The number of para-hydroxylation sites is 2. The first-order valence-electron chi connectivity index (χ1n) is 7.56. The second-order valence-corrected chi connectivity index (χ2v) is 5.33. The molecule has 6 nitrogen and oxygen atoms in total. The Balaban J connectivity index is 1.88. The summed E-state index contributed by atoms with van der Waals surface area (Å²) in [5.74, 6) is -0.740. The second kappa shape index (κ2) is 6.95. The molecule has 3 rings (SSSR count). The second-order valence-electron chi connectivity index (χ2n) is 5.33. The van der Waals surface area contributed by atoms with Crippen LogP contribution in [0, 0.1) is 0 Å². The van der Waals surface area contributed by atoms with Crippen molar-refractivity contribution in [1.82, 2.24) is 10.3 Å². The van der Waals surface area contributed by atoms with Crippen LogP contribution in [0.2, 0.25) is 0 Å². The topological polar surface area (TPSA) is 92.4 Å². The van der Waals surface area contributed by atoms with E-state index < -0.39 is 12.0 Å². The number of nitrogens with zero attached hydrogens (tertiary/aromatic N) is 1. The van der Waals surface area contributed by atoms with E-state index in [4.69, 9.17) is 9.52 Å². The lowest BCUT2D eigenvalue weighted by atomic mass is 9.91. The van der Waals surface area contributed by atoms with Gasteiger partial charge in [0.15, 0.2) is 5.58 Å². The van der Waals surface area contributed by atoms with Crippen LogP contribution in [0.4, 0.5) is 4.79 Å². The van der Waals surface area contributed by atoms with Crippen molar-refractivity contribution in [2.45, 2.75) is 12.3 Å². The molecule has 1 atom stereocenters. The van der Waals surface area contributed by atoms with Crippen molar-refractivity contribution in [2.75, 3.05) is 6.54 Å². The van der Waals surface area contributed by atoms with Crippen LogP contribution < -0.4 is 5.32 Å². The largest absolute Gasteiger partial charge is 0.465 e. The summed E-state index contributed by atoms with van der Waals surface area (Å²) in [5, 5.41) is 11.0. The summed E-state index contributed by atoms with van der Waals surface area (Å²) in [6.45, 7) is 0.168. The Hall–Kier alpha value is -3.15. The fraction of sp³-hybridized carbons (Fsp3) is 0.167. The molecule has 1 amide bonds. The summed E-state index contributed by atoms with van der Waals surface area (Å²) in [7, 11) is 0. The van der Waals surface area contributed by atoms with E-state index in [0.29, 0.717) is 17.5 Å². The minimum atomic E-state index is -1.11. The molecule has 0 aliphatic rings. The molecule has 0 aliphatic carbocycles. The molecule has 1 heterocycles. The van der Waals surface area contributed by atoms with Crippen LogP contribution in [0.5, 0.6) is 0 Å². The van der Waals surface area contributed by atoms with Gasteiger partial charge in [-0.15, -0.1) is 0 Å². The first-order chi connectivity index (χ1) is 11.6. The van der Waals surface area contributed by atoms with Crippen LogP contribution in [-0.2, 0) is 0 Å². The number of oxazole rings is 1. The molecule has 6 heteroatoms. The molecule has 1 unspecified atom stereocenters. The minimum Gasteiger partial charge on any atom is -0.465 e. The predicted octanol–water partition coefficient (Wildman–Crippen LogP) is 3.45. The molecule has 0 saturated carbocycles. The lowest BCUT2D eigenvalue weighted by Gasteiger charge is -2.14. The minimum absolute atomic E-state index is 0.0420. The zero-order valence-electron chi connectivity index (χ0n) is 12.8. The van der Waals surface area contributed by atoms with E-state index in [1.165, 1.54) is 0 Å². The van der Waals surface area contributed by atoms with E-state index in [9.17, 15) is 9.59 Å². The molecule has 0 bridgehead atoms. The molecule has 3 aromatic rings. The number of Topliss-reactive ketones (excluding diaryl/α,β-unsaturated/α-hetero) is 1. The Morgan fingerprint density at radius 3 is 2.50 bits per heavy atom. The molecule has 2 N–H and O–H groups in total. The van der Waals surface area contributed by atoms with Gasteiger partial charge in [-0.05, 0) is 24.1 Å². The third kappa shape index (κ3) is 3.43. The number of benzene rings is 2. The molecular formula is C18H16N2O4. The highest BCUT2D eigenvalue weighted by molar-refractivity contribution is 5.99. The Morgan fingerprint density at radius 1 is 1.08 bits per heavy atom. The summed E-state index contributed by atoms with van der Waals surface area (Å²) in [4.78, 5) is 27.8. The smallest absolute Gasteiger partial charge is 0.404 e. The molecule has 0 radical (unpaired) electrons. The zero-order valence-corrected chi connectivity index (χ0v) is 12.8. The SMILES string of the molecule is O=C(O)NCCC(C(=O)c1nc2ccccc2o1)c1ccccc1. The molecule has 1 aromatic heterocycles. The van der Waals surface area contributed by atoms with Crippen LogP contribution >= 0.6 is 0 Å². The fourth-order valence-electron chi connectivity index (χ4n) is 2.58. The number of carboxylic acid groups (broad SMARTS) is 1. The lowest BCUT2D eigenvalue weighted by molar-refractivity contribution is 0.0922. The van der Waals surface area contributed by atoms with E-state index in [0.717, 1.165) is 5.56 Å². The van der Waals surface area contributed by atoms with Crippen LogP contribution in [-0.4, -0.2) is 28.5 Å². The number of aromatic nitrogens is 1. The number of ketones is 1. The number of rotatable bonds is 6. The molecule has 0 aliphatic heterocycles. The standard InChI is InChI=1S/C18H16N2O4/c21-16(17-20-14-8-4-5-9-15(14)24-17)13(10-11-19-18(22)23)12-6-2-1-3-7-12/h1-9,13,19H,10-11H2,(H,22,23). The van der Waals surface area contributed by atoms with Crippen molar-refractivity contribution in [3.63, 3.8) is 0 Å². The normalized spacial score (nSPS) is 12.0. The van der Waals surface area contributed by atoms with Gasteiger partial charge in [0.2, 0.25) is 5.78 Å². The maximum absolute atomic E-state index is 12.9. The van der Waals surface area contributed by atoms with Crippen LogP contribution in [0.15, 0.2) is 59.0 Å². The van der Waals surface area contributed by atoms with Gasteiger partial charge in [-0.1, -0.05) is 42.5 Å². The van der Waals surface area contributed by atoms with E-state index >= 15 is 0 Å². The van der Waals surface area contributed by atoms with Gasteiger partial charge in [0, 0.05) is 6.54 Å². The van der Waals surface area contributed by atoms with Gasteiger partial charge in [0.25, 0.3) is 5.89 Å². The van der Waals surface area contributed by atoms with Crippen molar-refractivity contribution in [3.8, 4) is 0 Å². The van der Waals surface area contributed by atoms with Crippen molar-refractivity contribution in [2.24, 2.45) is 0 Å². The van der Waals surface area contributed by atoms with Gasteiger partial charge in [-0.2, -0.15) is 0 Å². The Bertz CT molecular complexity index is 825. The number of nitrogens with one attached hydrogen (secondary N) is 1. The van der Waals surface area contributed by atoms with Gasteiger partial charge < -0.3 is 14.8 Å². The highest BCUT2D eigenvalue weighted by atomic mass is 16.4. The Labute approximate surface area is 138 Å². The monoisotopic (exact) mass is 324 g/mol. The maximum atomic E-state index is 12.9. The molecular weight excluding hydrogens is 308 g/mol. The highest BCUT2D eigenvalue weighted by Crippen LogP contribution is 2.25. The van der Waals surface area contributed by atoms with Crippen molar-refractivity contribution >= 4 is 23.0 Å². The van der Waals surface area contributed by atoms with E-state index in [-0.39, 0.29) is 18.2 Å². The molecule has 122 valence electrons. The average molecular weight is 324 g/mol. The first-order valence-corrected chi connectivity index (χ1v) is 7.56. The molecule has 0 saturated heterocycles. The quantitative estimate of drug-likeness (QED) is 0.677. The zero-order chi connectivity index (χ0) is 16.9. The average Bonchev–Trinajstić information content (AvgIpc) is 3.03. The van der Waals surface area contributed by atoms with Gasteiger partial charge in [0.05, 0.1) is 5.92 Å². The fourth-order valence-corrected chi connectivity index (χ4v) is 2.58. The lowest BCUT2D eigenvalue weighted by Crippen LogP contribution is -2.25. The third-order valence-electron chi connectivity index (χ3n) is 3.73. The number of carbonyl (C=O) groups excluding carboxylic acids is 1. The van der Waals surface area contributed by atoms with Crippen molar-refractivity contribution in [3.05, 3.63) is 66.1 Å². The molecule has 2 aromatic carbocycles. The van der Waals surface area contributed by atoms with E-state index in [2.05, 4.69) is 10.3 Å². The van der Waals surface area contributed by atoms with Gasteiger partial charge in [0.1, 0.15) is 5.52 Å². The summed E-state index contributed by atoms with van der Waals surface area (Å²) >= 11 is 0. The van der Waals surface area contributed by atoms with Crippen LogP contribution in [0.1, 0.15) is 28.6 Å². The predicted molar refractivity (Wildman–Crippen MR) is 88.2 cm³/mol. The number of amides is 1. The molecule has 0 fully saturated rings. The number of fused-ring (bicyclic) bond motifs is 1. The summed E-state index contributed by atoms with van der Waals surface area (Å²) in [6, 6.07) is 16.4. The number of carbonyl (C=O) groups is 2. The molecule has 0 spiro atoms. The summed E-state index contributed by atoms with van der Waals surface area (Å²) in [5.41, 5.74) is 1.98. The summed E-state index contributed by atoms with van der Waals surface area (Å²) < 4.78 is 5.56. The van der Waals surface area contributed by atoms with E-state index in [1.54, 1.807) is 12.1 Å². The maximum Gasteiger partial charge on any atom is 0.404 e. The third-order valence-corrected chi connectivity index (χ3v) is 3.73. The Kier molecular flexibility index (Phi) is 4.56. The highest BCUT2D eigenvalue weighted by Gasteiger charge is 2.26. The van der Waals surface area contributed by atoms with E-state index in [1.807, 2.05) is 42.5 Å². The number of hydrogen-bond acceptors (Lipinski definition) is 4.